The Morgan fingerprint density at radius 1 is 1.24 bits per heavy atom. The second-order valence-corrected chi connectivity index (χ2v) is 6.85. The van der Waals surface area contributed by atoms with E-state index in [-0.39, 0.29) is 5.56 Å². The number of halogens is 2. The maximum Gasteiger partial charge on any atom is 0.338 e. The molecule has 1 amide bonds. The number of thioether (sulfide) groups is 1. The Hall–Kier alpha value is -2.14. The zero-order valence-corrected chi connectivity index (χ0v) is 14.3. The largest absolute Gasteiger partial charge is 0.452 e. The van der Waals surface area contributed by atoms with Crippen molar-refractivity contribution in [3.8, 4) is 6.07 Å². The number of nitriles is 1. The zero-order valence-electron chi connectivity index (χ0n) is 13.5. The Kier molecular flexibility index (Phi) is 6.76. The molecule has 1 aromatic carbocycles. The second-order valence-electron chi connectivity index (χ2n) is 5.78. The van der Waals surface area contributed by atoms with Gasteiger partial charge < -0.3 is 10.1 Å². The van der Waals surface area contributed by atoms with Gasteiger partial charge in [0.15, 0.2) is 6.61 Å². The molecule has 2 rings (SSSR count). The molecule has 5 nitrogen and oxygen atoms in total. The van der Waals surface area contributed by atoms with Crippen LogP contribution in [0.4, 0.5) is 8.78 Å². The summed E-state index contributed by atoms with van der Waals surface area (Å²) >= 11 is 0.378. The Morgan fingerprint density at radius 3 is 2.44 bits per heavy atom. The number of ether oxygens (including phenoxy) is 1. The van der Waals surface area contributed by atoms with Gasteiger partial charge in [-0.3, -0.25) is 4.79 Å². The second kappa shape index (κ2) is 8.81. The lowest BCUT2D eigenvalue weighted by Gasteiger charge is -2.31. The van der Waals surface area contributed by atoms with Crippen LogP contribution in [0.3, 0.4) is 0 Å². The van der Waals surface area contributed by atoms with Crippen LogP contribution in [-0.4, -0.2) is 29.8 Å². The van der Waals surface area contributed by atoms with Crippen molar-refractivity contribution in [2.75, 3.05) is 6.61 Å². The lowest BCUT2D eigenvalue weighted by atomic mass is 9.83. The van der Waals surface area contributed by atoms with Gasteiger partial charge in [-0.1, -0.05) is 31.0 Å². The fraction of sp³-hybridized carbons (Fsp3) is 0.471. The summed E-state index contributed by atoms with van der Waals surface area (Å²) in [6.07, 6.45) is 3.96. The fourth-order valence-corrected chi connectivity index (χ4v) is 3.21. The molecule has 1 aromatic rings. The van der Waals surface area contributed by atoms with Crippen molar-refractivity contribution >= 4 is 23.6 Å². The van der Waals surface area contributed by atoms with Crippen LogP contribution < -0.4 is 5.32 Å². The number of hydrogen-bond acceptors (Lipinski definition) is 5. The standard InChI is InChI=1S/C17H18F2N2O3S/c18-16(19)25-13-6-4-12(5-7-13)15(23)24-10-14(22)21-17(11-20)8-2-1-3-9-17/h4-7,16H,1-3,8-10H2,(H,21,22). The highest BCUT2D eigenvalue weighted by Crippen LogP contribution is 2.27. The van der Waals surface area contributed by atoms with Crippen molar-refractivity contribution in [3.05, 3.63) is 29.8 Å². The van der Waals surface area contributed by atoms with Gasteiger partial charge in [0.1, 0.15) is 5.54 Å². The fourth-order valence-electron chi connectivity index (χ4n) is 2.71. The molecule has 0 radical (unpaired) electrons. The minimum absolute atomic E-state index is 0.166. The molecule has 0 unspecified atom stereocenters. The first kappa shape index (κ1) is 19.2. The molecule has 0 spiro atoms. The number of esters is 1. The number of benzene rings is 1. The van der Waals surface area contributed by atoms with Crippen LogP contribution in [0.5, 0.6) is 0 Å². The van der Waals surface area contributed by atoms with Crippen LogP contribution in [0.1, 0.15) is 42.5 Å². The van der Waals surface area contributed by atoms with Gasteiger partial charge in [-0.25, -0.2) is 4.79 Å². The van der Waals surface area contributed by atoms with E-state index in [2.05, 4.69) is 11.4 Å². The van der Waals surface area contributed by atoms with Crippen molar-refractivity contribution in [1.82, 2.24) is 5.32 Å². The van der Waals surface area contributed by atoms with Crippen molar-refractivity contribution in [2.45, 2.75) is 48.3 Å². The van der Waals surface area contributed by atoms with E-state index in [0.717, 1.165) is 19.3 Å². The third-order valence-electron chi connectivity index (χ3n) is 3.95. The first-order valence-corrected chi connectivity index (χ1v) is 8.76. The summed E-state index contributed by atoms with van der Waals surface area (Å²) in [5.74, 6) is -3.78. The number of nitrogens with zero attached hydrogens (tertiary/aromatic N) is 1. The van der Waals surface area contributed by atoms with Gasteiger partial charge in [-0.15, -0.1) is 0 Å². The normalized spacial score (nSPS) is 16.1. The average Bonchev–Trinajstić information content (AvgIpc) is 2.60. The van der Waals surface area contributed by atoms with Crippen molar-refractivity contribution in [1.29, 1.82) is 5.26 Å². The Balaban J connectivity index is 1.84. The Labute approximate surface area is 148 Å². The highest BCUT2D eigenvalue weighted by atomic mass is 32.2. The lowest BCUT2D eigenvalue weighted by molar-refractivity contribution is -0.125. The first-order chi connectivity index (χ1) is 11.9. The summed E-state index contributed by atoms with van der Waals surface area (Å²) in [5.41, 5.74) is -0.713. The van der Waals surface area contributed by atoms with E-state index >= 15 is 0 Å². The number of amides is 1. The summed E-state index contributed by atoms with van der Waals surface area (Å²) in [5, 5.41) is 12.0. The molecule has 0 atom stereocenters. The number of carbonyl (C=O) groups is 2. The molecule has 0 bridgehead atoms. The molecule has 0 heterocycles. The maximum atomic E-state index is 12.2. The van der Waals surface area contributed by atoms with Crippen molar-refractivity contribution in [3.63, 3.8) is 0 Å². The number of hydrogen-bond donors (Lipinski definition) is 1. The SMILES string of the molecule is N#CC1(NC(=O)COC(=O)c2ccc(SC(F)F)cc2)CCCCC1. The Bertz CT molecular complexity index is 653. The summed E-state index contributed by atoms with van der Waals surface area (Å²) in [4.78, 5) is 24.2. The number of carbonyl (C=O) groups excluding carboxylic acids is 2. The molecule has 0 saturated heterocycles. The van der Waals surface area contributed by atoms with Gasteiger partial charge in [0, 0.05) is 4.90 Å². The van der Waals surface area contributed by atoms with Gasteiger partial charge in [0.25, 0.3) is 11.7 Å². The molecule has 25 heavy (non-hydrogen) atoms. The van der Waals surface area contributed by atoms with Gasteiger partial charge in [0.2, 0.25) is 0 Å². The minimum Gasteiger partial charge on any atom is -0.452 e. The van der Waals surface area contributed by atoms with E-state index < -0.39 is 29.8 Å². The van der Waals surface area contributed by atoms with Crippen LogP contribution in [0.15, 0.2) is 29.2 Å². The molecule has 1 aliphatic rings. The van der Waals surface area contributed by atoms with E-state index in [9.17, 15) is 23.6 Å². The quantitative estimate of drug-likeness (QED) is 0.614. The number of nitrogens with one attached hydrogen (secondary N) is 1. The molecule has 0 aliphatic heterocycles. The smallest absolute Gasteiger partial charge is 0.338 e. The van der Waals surface area contributed by atoms with Crippen LogP contribution >= 0.6 is 11.8 Å². The molecule has 0 aromatic heterocycles. The summed E-state index contributed by atoms with van der Waals surface area (Å²) in [7, 11) is 0. The third kappa shape index (κ3) is 5.71. The van der Waals surface area contributed by atoms with Gasteiger partial charge in [-0.2, -0.15) is 14.0 Å². The molecule has 1 N–H and O–H groups in total. The summed E-state index contributed by atoms with van der Waals surface area (Å²) in [6.45, 7) is -0.490. The van der Waals surface area contributed by atoms with Crippen LogP contribution in [0.25, 0.3) is 0 Å². The van der Waals surface area contributed by atoms with E-state index in [0.29, 0.717) is 29.5 Å². The van der Waals surface area contributed by atoms with Gasteiger partial charge >= 0.3 is 5.97 Å². The molecule has 1 saturated carbocycles. The van der Waals surface area contributed by atoms with Crippen molar-refractivity contribution in [2.24, 2.45) is 0 Å². The van der Waals surface area contributed by atoms with E-state index in [1.807, 2.05) is 0 Å². The van der Waals surface area contributed by atoms with E-state index in [1.165, 1.54) is 24.3 Å². The third-order valence-corrected chi connectivity index (χ3v) is 4.67. The summed E-state index contributed by atoms with van der Waals surface area (Å²) in [6, 6.07) is 7.66. The van der Waals surface area contributed by atoms with Gasteiger partial charge in [0.05, 0.1) is 11.6 Å². The summed E-state index contributed by atoms with van der Waals surface area (Å²) < 4.78 is 29.4. The predicted molar refractivity (Wildman–Crippen MR) is 88.2 cm³/mol. The molecular weight excluding hydrogens is 350 g/mol. The Morgan fingerprint density at radius 2 is 1.88 bits per heavy atom. The first-order valence-electron chi connectivity index (χ1n) is 7.88. The van der Waals surface area contributed by atoms with Crippen LogP contribution in [-0.2, 0) is 9.53 Å². The zero-order chi connectivity index (χ0) is 18.3. The topological polar surface area (TPSA) is 79.2 Å². The van der Waals surface area contributed by atoms with E-state index in [4.69, 9.17) is 4.74 Å². The molecule has 8 heteroatoms. The van der Waals surface area contributed by atoms with Crippen LogP contribution in [0, 0.1) is 11.3 Å². The van der Waals surface area contributed by atoms with Crippen LogP contribution in [0.2, 0.25) is 0 Å². The average molecular weight is 368 g/mol. The predicted octanol–water partition coefficient (Wildman–Crippen LogP) is 3.50. The number of alkyl halides is 2. The lowest BCUT2D eigenvalue weighted by Crippen LogP contribution is -2.50. The highest BCUT2D eigenvalue weighted by Gasteiger charge is 2.33. The van der Waals surface area contributed by atoms with E-state index in [1.54, 1.807) is 0 Å². The molecule has 1 aliphatic carbocycles. The highest BCUT2D eigenvalue weighted by molar-refractivity contribution is 7.99. The molecule has 1 fully saturated rings. The minimum atomic E-state index is -2.53. The van der Waals surface area contributed by atoms with Crippen molar-refractivity contribution < 1.29 is 23.1 Å². The number of rotatable bonds is 6. The molecule has 134 valence electrons. The monoisotopic (exact) mass is 368 g/mol. The molecular formula is C17H18F2N2O3S. The van der Waals surface area contributed by atoms with Gasteiger partial charge in [-0.05, 0) is 37.1 Å². The maximum absolute atomic E-state index is 12.2.